The van der Waals surface area contributed by atoms with E-state index in [2.05, 4.69) is 18.3 Å². The highest BCUT2D eigenvalue weighted by Crippen LogP contribution is 2.20. The van der Waals surface area contributed by atoms with Crippen molar-refractivity contribution in [3.63, 3.8) is 0 Å². The number of benzene rings is 1. The SMILES string of the molecule is Cc1cccc(OCCNC(=O)C(C)(C)C)c1C. The first-order chi connectivity index (χ1) is 8.32. The van der Waals surface area contributed by atoms with E-state index in [9.17, 15) is 4.79 Å². The molecule has 0 aromatic heterocycles. The zero-order chi connectivity index (χ0) is 13.8. The van der Waals surface area contributed by atoms with Crippen molar-refractivity contribution in [3.8, 4) is 5.75 Å². The van der Waals surface area contributed by atoms with Crippen LogP contribution in [0.2, 0.25) is 0 Å². The fraction of sp³-hybridized carbons (Fsp3) is 0.533. The summed E-state index contributed by atoms with van der Waals surface area (Å²) in [5.74, 6) is 0.937. The van der Waals surface area contributed by atoms with Crippen LogP contribution in [0.4, 0.5) is 0 Å². The summed E-state index contributed by atoms with van der Waals surface area (Å²) in [6, 6.07) is 5.99. The Hall–Kier alpha value is -1.51. The van der Waals surface area contributed by atoms with E-state index in [1.54, 1.807) is 0 Å². The van der Waals surface area contributed by atoms with Crippen molar-refractivity contribution in [2.75, 3.05) is 13.2 Å². The molecule has 3 nitrogen and oxygen atoms in total. The Kier molecular flexibility index (Phi) is 4.76. The van der Waals surface area contributed by atoms with Gasteiger partial charge in [0.1, 0.15) is 12.4 Å². The highest BCUT2D eigenvalue weighted by molar-refractivity contribution is 5.81. The van der Waals surface area contributed by atoms with E-state index in [0.717, 1.165) is 11.3 Å². The summed E-state index contributed by atoms with van der Waals surface area (Å²) >= 11 is 0. The van der Waals surface area contributed by atoms with Gasteiger partial charge >= 0.3 is 0 Å². The second-order valence-electron chi connectivity index (χ2n) is 5.55. The van der Waals surface area contributed by atoms with Gasteiger partial charge in [0.25, 0.3) is 0 Å². The standard InChI is InChI=1S/C15H23NO2/c1-11-7-6-8-13(12(11)2)18-10-9-16-14(17)15(3,4)5/h6-8H,9-10H2,1-5H3,(H,16,17). The van der Waals surface area contributed by atoms with Crippen LogP contribution in [0.3, 0.4) is 0 Å². The molecule has 0 spiro atoms. The number of rotatable bonds is 4. The maximum absolute atomic E-state index is 11.6. The maximum Gasteiger partial charge on any atom is 0.225 e. The van der Waals surface area contributed by atoms with Crippen LogP contribution in [0.5, 0.6) is 5.75 Å². The van der Waals surface area contributed by atoms with E-state index >= 15 is 0 Å². The third-order valence-electron chi connectivity index (χ3n) is 2.88. The highest BCUT2D eigenvalue weighted by atomic mass is 16.5. The van der Waals surface area contributed by atoms with Gasteiger partial charge in [0.15, 0.2) is 0 Å². The normalized spacial score (nSPS) is 11.2. The summed E-state index contributed by atoms with van der Waals surface area (Å²) in [6.45, 7) is 10.8. The summed E-state index contributed by atoms with van der Waals surface area (Å²) in [4.78, 5) is 11.6. The molecule has 1 amide bonds. The third-order valence-corrected chi connectivity index (χ3v) is 2.88. The van der Waals surface area contributed by atoms with E-state index in [-0.39, 0.29) is 11.3 Å². The number of amides is 1. The number of hydrogen-bond donors (Lipinski definition) is 1. The van der Waals surface area contributed by atoms with Gasteiger partial charge in [-0.1, -0.05) is 32.9 Å². The van der Waals surface area contributed by atoms with Crippen molar-refractivity contribution in [1.29, 1.82) is 0 Å². The smallest absolute Gasteiger partial charge is 0.225 e. The molecule has 1 aromatic carbocycles. The molecule has 0 unspecified atom stereocenters. The average Bonchev–Trinajstić information content (AvgIpc) is 2.28. The average molecular weight is 249 g/mol. The lowest BCUT2D eigenvalue weighted by Crippen LogP contribution is -2.37. The molecule has 18 heavy (non-hydrogen) atoms. The van der Waals surface area contributed by atoms with Gasteiger partial charge < -0.3 is 10.1 Å². The Morgan fingerprint density at radius 3 is 2.56 bits per heavy atom. The molecule has 100 valence electrons. The van der Waals surface area contributed by atoms with E-state index in [0.29, 0.717) is 13.2 Å². The molecule has 0 aliphatic rings. The fourth-order valence-corrected chi connectivity index (χ4v) is 1.47. The van der Waals surface area contributed by atoms with Crippen LogP contribution >= 0.6 is 0 Å². The van der Waals surface area contributed by atoms with Crippen molar-refractivity contribution in [1.82, 2.24) is 5.32 Å². The number of carbonyl (C=O) groups excluding carboxylic acids is 1. The molecule has 0 saturated carbocycles. The van der Waals surface area contributed by atoms with Crippen LogP contribution < -0.4 is 10.1 Å². The van der Waals surface area contributed by atoms with E-state index in [1.807, 2.05) is 39.8 Å². The predicted molar refractivity (Wildman–Crippen MR) is 73.9 cm³/mol. The second kappa shape index (κ2) is 5.89. The first-order valence-electron chi connectivity index (χ1n) is 6.29. The van der Waals surface area contributed by atoms with Crippen molar-refractivity contribution in [2.24, 2.45) is 5.41 Å². The number of hydrogen-bond acceptors (Lipinski definition) is 2. The Balaban J connectivity index is 2.39. The zero-order valence-corrected chi connectivity index (χ0v) is 12.0. The topological polar surface area (TPSA) is 38.3 Å². The lowest BCUT2D eigenvalue weighted by atomic mass is 9.96. The molecule has 1 aromatic rings. The zero-order valence-electron chi connectivity index (χ0n) is 12.0. The lowest BCUT2D eigenvalue weighted by Gasteiger charge is -2.18. The quantitative estimate of drug-likeness (QED) is 0.833. The molecule has 0 heterocycles. The fourth-order valence-electron chi connectivity index (χ4n) is 1.47. The first-order valence-corrected chi connectivity index (χ1v) is 6.29. The predicted octanol–water partition coefficient (Wildman–Crippen LogP) is 2.84. The van der Waals surface area contributed by atoms with E-state index in [4.69, 9.17) is 4.74 Å². The van der Waals surface area contributed by atoms with Gasteiger partial charge in [-0.2, -0.15) is 0 Å². The molecule has 0 radical (unpaired) electrons. The Morgan fingerprint density at radius 2 is 1.94 bits per heavy atom. The van der Waals surface area contributed by atoms with Gasteiger partial charge in [-0.3, -0.25) is 4.79 Å². The van der Waals surface area contributed by atoms with E-state index in [1.165, 1.54) is 5.56 Å². The largest absolute Gasteiger partial charge is 0.491 e. The maximum atomic E-state index is 11.6. The molecule has 0 fully saturated rings. The summed E-state index contributed by atoms with van der Waals surface area (Å²) in [5, 5.41) is 2.86. The molecule has 0 aliphatic heterocycles. The summed E-state index contributed by atoms with van der Waals surface area (Å²) in [5.41, 5.74) is 2.02. The van der Waals surface area contributed by atoms with Gasteiger partial charge in [0.2, 0.25) is 5.91 Å². The summed E-state index contributed by atoms with van der Waals surface area (Å²) in [6.07, 6.45) is 0. The minimum atomic E-state index is -0.348. The third kappa shape index (κ3) is 4.06. The second-order valence-corrected chi connectivity index (χ2v) is 5.55. The molecule has 0 bridgehead atoms. The van der Waals surface area contributed by atoms with Crippen molar-refractivity contribution in [2.45, 2.75) is 34.6 Å². The molecule has 0 aliphatic carbocycles. The Labute approximate surface area is 110 Å². The number of aryl methyl sites for hydroxylation is 1. The van der Waals surface area contributed by atoms with E-state index < -0.39 is 0 Å². The van der Waals surface area contributed by atoms with Gasteiger partial charge in [-0.25, -0.2) is 0 Å². The van der Waals surface area contributed by atoms with Crippen molar-refractivity contribution in [3.05, 3.63) is 29.3 Å². The minimum Gasteiger partial charge on any atom is -0.491 e. The molecular formula is C15H23NO2. The van der Waals surface area contributed by atoms with Gasteiger partial charge in [0, 0.05) is 5.41 Å². The number of carbonyl (C=O) groups is 1. The monoisotopic (exact) mass is 249 g/mol. The molecule has 0 atom stereocenters. The minimum absolute atomic E-state index is 0.0482. The molecule has 0 saturated heterocycles. The molecule has 1 rings (SSSR count). The van der Waals surface area contributed by atoms with Crippen LogP contribution in [-0.2, 0) is 4.79 Å². The molecule has 3 heteroatoms. The number of nitrogens with one attached hydrogen (secondary N) is 1. The van der Waals surface area contributed by atoms with Crippen LogP contribution in [0.1, 0.15) is 31.9 Å². The van der Waals surface area contributed by atoms with Gasteiger partial charge in [0.05, 0.1) is 6.54 Å². The first kappa shape index (κ1) is 14.6. The van der Waals surface area contributed by atoms with Gasteiger partial charge in [-0.05, 0) is 31.0 Å². The summed E-state index contributed by atoms with van der Waals surface area (Å²) < 4.78 is 5.67. The highest BCUT2D eigenvalue weighted by Gasteiger charge is 2.20. The van der Waals surface area contributed by atoms with Crippen LogP contribution in [0.15, 0.2) is 18.2 Å². The Morgan fingerprint density at radius 1 is 1.28 bits per heavy atom. The molecular weight excluding hydrogens is 226 g/mol. The van der Waals surface area contributed by atoms with Crippen LogP contribution in [0, 0.1) is 19.3 Å². The Bertz CT molecular complexity index is 419. The summed E-state index contributed by atoms with van der Waals surface area (Å²) in [7, 11) is 0. The molecule has 1 N–H and O–H groups in total. The van der Waals surface area contributed by atoms with Crippen molar-refractivity contribution < 1.29 is 9.53 Å². The van der Waals surface area contributed by atoms with Gasteiger partial charge in [-0.15, -0.1) is 0 Å². The van der Waals surface area contributed by atoms with Crippen LogP contribution in [0.25, 0.3) is 0 Å². The van der Waals surface area contributed by atoms with Crippen LogP contribution in [-0.4, -0.2) is 19.1 Å². The number of ether oxygens (including phenoxy) is 1. The van der Waals surface area contributed by atoms with Crippen molar-refractivity contribution >= 4 is 5.91 Å². The lowest BCUT2D eigenvalue weighted by molar-refractivity contribution is -0.128.